The Hall–Kier alpha value is -2.04. The zero-order valence-corrected chi connectivity index (χ0v) is 14.5. The first kappa shape index (κ1) is 18.3. The second kappa shape index (κ2) is 9.30. The Morgan fingerprint density at radius 3 is 2.25 bits per heavy atom. The summed E-state index contributed by atoms with van der Waals surface area (Å²) in [5.41, 5.74) is 2.54. The van der Waals surface area contributed by atoms with E-state index in [-0.39, 0.29) is 5.56 Å². The van der Waals surface area contributed by atoms with Crippen molar-refractivity contribution >= 4 is 46.8 Å². The number of aliphatic imine (C=N–C) groups is 1. The molecule has 0 fully saturated rings. The lowest BCUT2D eigenvalue weighted by atomic mass is 10.1. The van der Waals surface area contributed by atoms with E-state index in [1.807, 2.05) is 24.3 Å². The van der Waals surface area contributed by atoms with E-state index in [2.05, 4.69) is 9.89 Å². The van der Waals surface area contributed by atoms with Crippen LogP contribution in [0, 0.1) is 0 Å². The molecule has 0 amide bonds. The van der Waals surface area contributed by atoms with Crippen LogP contribution < -0.4 is 4.90 Å². The van der Waals surface area contributed by atoms with Gasteiger partial charge in [0.2, 0.25) is 0 Å². The maximum atomic E-state index is 11.2. The number of carbonyl (C=O) groups is 1. The minimum absolute atomic E-state index is 0.181. The van der Waals surface area contributed by atoms with E-state index in [1.165, 1.54) is 6.07 Å². The third-order valence-corrected chi connectivity index (χ3v) is 3.79. The number of halogens is 2. The first-order valence-corrected chi connectivity index (χ1v) is 8.56. The highest BCUT2D eigenvalue weighted by atomic mass is 35.5. The number of aromatic carboxylic acids is 1. The minimum atomic E-state index is -0.990. The van der Waals surface area contributed by atoms with Crippen LogP contribution in [0.3, 0.4) is 0 Å². The van der Waals surface area contributed by atoms with Crippen molar-refractivity contribution in [3.8, 4) is 0 Å². The lowest BCUT2D eigenvalue weighted by Gasteiger charge is -2.22. The summed E-state index contributed by atoms with van der Waals surface area (Å²) < 4.78 is 0. The molecular weight excluding hydrogens is 347 g/mol. The number of nitrogens with zero attached hydrogens (tertiary/aromatic N) is 2. The zero-order valence-electron chi connectivity index (χ0n) is 13.0. The Morgan fingerprint density at radius 1 is 1.04 bits per heavy atom. The largest absolute Gasteiger partial charge is 0.478 e. The number of hydrogen-bond donors (Lipinski definition) is 1. The predicted molar refractivity (Wildman–Crippen MR) is 101 cm³/mol. The van der Waals surface area contributed by atoms with Gasteiger partial charge in [0, 0.05) is 36.8 Å². The summed E-state index contributed by atoms with van der Waals surface area (Å²) in [5.74, 6) is 0.0777. The smallest absolute Gasteiger partial charge is 0.337 e. The molecule has 4 nitrogen and oxygen atoms in total. The molecule has 2 rings (SSSR count). The Bertz CT molecular complexity index is 696. The van der Waals surface area contributed by atoms with Crippen molar-refractivity contribution in [3.05, 3.63) is 59.7 Å². The Labute approximate surface area is 151 Å². The number of carboxylic acid groups (broad SMARTS) is 1. The maximum Gasteiger partial charge on any atom is 0.337 e. The lowest BCUT2D eigenvalue weighted by molar-refractivity contribution is 0.0698. The Morgan fingerprint density at radius 2 is 1.67 bits per heavy atom. The van der Waals surface area contributed by atoms with Gasteiger partial charge >= 0.3 is 5.97 Å². The van der Waals surface area contributed by atoms with Crippen LogP contribution in [-0.4, -0.2) is 42.1 Å². The molecule has 6 heteroatoms. The highest BCUT2D eigenvalue weighted by molar-refractivity contribution is 6.18. The van der Waals surface area contributed by atoms with Crippen molar-refractivity contribution in [1.29, 1.82) is 0 Å². The first-order valence-electron chi connectivity index (χ1n) is 7.49. The van der Waals surface area contributed by atoms with Gasteiger partial charge in [-0.2, -0.15) is 0 Å². The summed E-state index contributed by atoms with van der Waals surface area (Å²) >= 11 is 11.6. The van der Waals surface area contributed by atoms with Crippen LogP contribution in [0.4, 0.5) is 11.4 Å². The highest BCUT2D eigenvalue weighted by Gasteiger charge is 2.07. The van der Waals surface area contributed by atoms with Crippen LogP contribution in [0.25, 0.3) is 0 Å². The van der Waals surface area contributed by atoms with Crippen molar-refractivity contribution in [2.75, 3.05) is 29.7 Å². The predicted octanol–water partition coefficient (Wildman–Crippen LogP) is 4.42. The summed E-state index contributed by atoms with van der Waals surface area (Å²) in [7, 11) is 0. The van der Waals surface area contributed by atoms with Crippen molar-refractivity contribution < 1.29 is 9.90 Å². The molecule has 0 aliphatic rings. The normalized spacial score (nSPS) is 10.9. The summed E-state index contributed by atoms with van der Waals surface area (Å²) in [6, 6.07) is 14.5. The molecule has 0 unspecified atom stereocenters. The van der Waals surface area contributed by atoms with Crippen molar-refractivity contribution in [1.82, 2.24) is 0 Å². The van der Waals surface area contributed by atoms with Crippen molar-refractivity contribution in [3.63, 3.8) is 0 Å². The van der Waals surface area contributed by atoms with E-state index in [9.17, 15) is 4.79 Å². The van der Waals surface area contributed by atoms with Gasteiger partial charge in [-0.3, -0.25) is 4.99 Å². The van der Waals surface area contributed by atoms with Gasteiger partial charge in [-0.15, -0.1) is 23.2 Å². The quantitative estimate of drug-likeness (QED) is 0.557. The van der Waals surface area contributed by atoms with Gasteiger partial charge in [0.25, 0.3) is 0 Å². The van der Waals surface area contributed by atoms with Crippen molar-refractivity contribution in [2.45, 2.75) is 0 Å². The van der Waals surface area contributed by atoms with Gasteiger partial charge in [-0.25, -0.2) is 4.79 Å². The molecule has 2 aromatic carbocycles. The number of carboxylic acids is 1. The van der Waals surface area contributed by atoms with E-state index < -0.39 is 5.97 Å². The van der Waals surface area contributed by atoms with Crippen LogP contribution in [0.2, 0.25) is 0 Å². The molecule has 126 valence electrons. The Balaban J connectivity index is 2.15. The van der Waals surface area contributed by atoms with Crippen LogP contribution in [0.15, 0.2) is 53.5 Å². The first-order chi connectivity index (χ1) is 11.7. The van der Waals surface area contributed by atoms with Gasteiger partial charge < -0.3 is 10.0 Å². The number of alkyl halides is 2. The molecule has 24 heavy (non-hydrogen) atoms. The molecule has 0 atom stereocenters. The monoisotopic (exact) mass is 364 g/mol. The number of benzene rings is 2. The number of para-hydroxylation sites is 1. The van der Waals surface area contributed by atoms with Crippen LogP contribution in [0.1, 0.15) is 15.9 Å². The molecule has 0 aliphatic heterocycles. The Kier molecular flexibility index (Phi) is 7.09. The molecule has 0 saturated carbocycles. The van der Waals surface area contributed by atoms with Crippen molar-refractivity contribution in [2.24, 2.45) is 4.99 Å². The molecule has 2 aromatic rings. The van der Waals surface area contributed by atoms with E-state index in [0.29, 0.717) is 17.4 Å². The topological polar surface area (TPSA) is 52.9 Å². The second-order valence-electron chi connectivity index (χ2n) is 5.04. The van der Waals surface area contributed by atoms with E-state index in [1.54, 1.807) is 24.4 Å². The summed E-state index contributed by atoms with van der Waals surface area (Å²) in [6.45, 7) is 1.46. The highest BCUT2D eigenvalue weighted by Crippen LogP contribution is 2.19. The molecule has 0 aromatic heterocycles. The van der Waals surface area contributed by atoms with E-state index >= 15 is 0 Å². The maximum absolute atomic E-state index is 11.2. The van der Waals surface area contributed by atoms with Gasteiger partial charge in [0.1, 0.15) is 0 Å². The lowest BCUT2D eigenvalue weighted by Crippen LogP contribution is -2.27. The molecule has 0 saturated heterocycles. The summed E-state index contributed by atoms with van der Waals surface area (Å²) in [5, 5.41) is 9.16. The fourth-order valence-corrected chi connectivity index (χ4v) is 2.66. The summed E-state index contributed by atoms with van der Waals surface area (Å²) in [4.78, 5) is 17.6. The third-order valence-electron chi connectivity index (χ3n) is 3.45. The minimum Gasteiger partial charge on any atom is -0.478 e. The second-order valence-corrected chi connectivity index (χ2v) is 5.79. The van der Waals surface area contributed by atoms with Crippen LogP contribution >= 0.6 is 23.2 Å². The molecular formula is C18H18Cl2N2O2. The molecule has 0 aliphatic carbocycles. The summed E-state index contributed by atoms with van der Waals surface area (Å²) in [6.07, 6.45) is 1.65. The van der Waals surface area contributed by atoms with Gasteiger partial charge in [0.05, 0.1) is 11.3 Å². The van der Waals surface area contributed by atoms with Crippen LogP contribution in [0.5, 0.6) is 0 Å². The molecule has 0 bridgehead atoms. The van der Waals surface area contributed by atoms with Gasteiger partial charge in [-0.1, -0.05) is 24.3 Å². The standard InChI is InChI=1S/C18H18Cl2N2O2/c19-9-11-22(12-10-20)15-7-5-14(6-8-15)13-21-17-4-2-1-3-16(17)18(23)24/h1-8,13H,9-12H2,(H,23,24). The fourth-order valence-electron chi connectivity index (χ4n) is 2.26. The number of rotatable bonds is 8. The van der Waals surface area contributed by atoms with Crippen LogP contribution in [-0.2, 0) is 0 Å². The molecule has 0 spiro atoms. The molecule has 1 N–H and O–H groups in total. The van der Waals surface area contributed by atoms with Gasteiger partial charge in [-0.05, 0) is 29.8 Å². The SMILES string of the molecule is O=C(O)c1ccccc1N=Cc1ccc(N(CCCl)CCCl)cc1. The number of hydrogen-bond acceptors (Lipinski definition) is 3. The zero-order chi connectivity index (χ0) is 17.4. The van der Waals surface area contributed by atoms with E-state index in [4.69, 9.17) is 28.3 Å². The average Bonchev–Trinajstić information content (AvgIpc) is 2.60. The third kappa shape index (κ3) is 4.98. The average molecular weight is 365 g/mol. The van der Waals surface area contributed by atoms with E-state index in [0.717, 1.165) is 24.3 Å². The molecule has 0 radical (unpaired) electrons. The van der Waals surface area contributed by atoms with Gasteiger partial charge in [0.15, 0.2) is 0 Å². The number of anilines is 1. The molecule has 0 heterocycles. The fraction of sp³-hybridized carbons (Fsp3) is 0.222.